The number of fused-ring (bicyclic) bond motifs is 1. The van der Waals surface area contributed by atoms with Crippen molar-refractivity contribution in [2.75, 3.05) is 20.1 Å². The second-order valence-corrected chi connectivity index (χ2v) is 5.28. The largest absolute Gasteiger partial charge is 0.354 e. The predicted molar refractivity (Wildman–Crippen MR) is 78.0 cm³/mol. The van der Waals surface area contributed by atoms with Crippen LogP contribution < -0.4 is 5.32 Å². The Hall–Kier alpha value is -1.86. The number of rotatable bonds is 5. The molecule has 1 aliphatic carbocycles. The highest BCUT2D eigenvalue weighted by Crippen LogP contribution is 2.33. The molecule has 0 fully saturated rings. The Bertz CT molecular complexity index is 507. The molecule has 0 aliphatic heterocycles. The van der Waals surface area contributed by atoms with Crippen molar-refractivity contribution in [1.29, 1.82) is 5.26 Å². The van der Waals surface area contributed by atoms with Gasteiger partial charge in [-0.05, 0) is 37.4 Å². The number of carbonyl (C=O) groups is 1. The zero-order valence-electron chi connectivity index (χ0n) is 11.9. The summed E-state index contributed by atoms with van der Waals surface area (Å²) in [5.74, 6) is -0.00851. The lowest BCUT2D eigenvalue weighted by atomic mass is 9.87. The summed E-state index contributed by atoms with van der Waals surface area (Å²) < 4.78 is 0. The van der Waals surface area contributed by atoms with Crippen molar-refractivity contribution in [3.05, 3.63) is 35.4 Å². The molecule has 1 amide bonds. The van der Waals surface area contributed by atoms with E-state index in [1.165, 1.54) is 17.5 Å². The molecule has 1 aliphatic rings. The van der Waals surface area contributed by atoms with E-state index in [0.29, 0.717) is 25.6 Å². The zero-order chi connectivity index (χ0) is 14.4. The van der Waals surface area contributed by atoms with Crippen molar-refractivity contribution >= 4 is 5.91 Å². The Balaban J connectivity index is 1.95. The van der Waals surface area contributed by atoms with Crippen LogP contribution in [0.4, 0.5) is 0 Å². The summed E-state index contributed by atoms with van der Waals surface area (Å²) in [7, 11) is 2.00. The summed E-state index contributed by atoms with van der Waals surface area (Å²) in [5, 5.41) is 11.2. The van der Waals surface area contributed by atoms with Gasteiger partial charge >= 0.3 is 0 Å². The number of nitrogens with one attached hydrogen (secondary N) is 1. The van der Waals surface area contributed by atoms with Crippen LogP contribution >= 0.6 is 0 Å². The van der Waals surface area contributed by atoms with Crippen molar-refractivity contribution in [2.24, 2.45) is 0 Å². The maximum absolute atomic E-state index is 11.8. The van der Waals surface area contributed by atoms with Gasteiger partial charge in [0.25, 0.3) is 0 Å². The molecule has 1 aromatic rings. The van der Waals surface area contributed by atoms with Gasteiger partial charge in [-0.25, -0.2) is 0 Å². The van der Waals surface area contributed by atoms with Crippen LogP contribution in [0.3, 0.4) is 0 Å². The Labute approximate surface area is 120 Å². The van der Waals surface area contributed by atoms with E-state index in [2.05, 4.69) is 34.5 Å². The minimum atomic E-state index is -0.00851. The number of hydrogen-bond donors (Lipinski definition) is 1. The SMILES string of the molecule is CN(CC(=O)NCCC#N)C1CCCc2ccccc21. The van der Waals surface area contributed by atoms with Gasteiger partial charge < -0.3 is 5.32 Å². The molecule has 4 heteroatoms. The van der Waals surface area contributed by atoms with Crippen molar-refractivity contribution in [2.45, 2.75) is 31.7 Å². The van der Waals surface area contributed by atoms with Gasteiger partial charge in [-0.1, -0.05) is 24.3 Å². The first-order valence-electron chi connectivity index (χ1n) is 7.14. The number of nitrogens with zero attached hydrogens (tertiary/aromatic N) is 2. The second-order valence-electron chi connectivity index (χ2n) is 5.28. The standard InChI is InChI=1S/C16H21N3O/c1-19(12-16(20)18-11-5-10-17)15-9-4-7-13-6-2-3-8-14(13)15/h2-3,6,8,15H,4-5,7,9,11-12H2,1H3,(H,18,20). The third kappa shape index (κ3) is 3.58. The molecule has 4 nitrogen and oxygen atoms in total. The summed E-state index contributed by atoms with van der Waals surface area (Å²) in [6.07, 6.45) is 3.76. The average Bonchev–Trinajstić information content (AvgIpc) is 2.47. The molecule has 0 aromatic heterocycles. The van der Waals surface area contributed by atoms with Crippen LogP contribution in [0.25, 0.3) is 0 Å². The van der Waals surface area contributed by atoms with Crippen molar-refractivity contribution in [3.63, 3.8) is 0 Å². The molecule has 0 radical (unpaired) electrons. The third-order valence-corrected chi connectivity index (χ3v) is 3.82. The van der Waals surface area contributed by atoms with Crippen LogP contribution in [0, 0.1) is 11.3 Å². The molecule has 1 atom stereocenters. The molecule has 1 N–H and O–H groups in total. The summed E-state index contributed by atoms with van der Waals surface area (Å²) in [6.45, 7) is 0.814. The maximum atomic E-state index is 11.8. The van der Waals surface area contributed by atoms with Crippen LogP contribution in [0.2, 0.25) is 0 Å². The minimum absolute atomic E-state index is 0.00851. The lowest BCUT2D eigenvalue weighted by Gasteiger charge is -2.32. The average molecular weight is 271 g/mol. The maximum Gasteiger partial charge on any atom is 0.234 e. The second kappa shape index (κ2) is 7.06. The fraction of sp³-hybridized carbons (Fsp3) is 0.500. The summed E-state index contributed by atoms with van der Waals surface area (Å²) in [4.78, 5) is 13.9. The molecule has 2 rings (SSSR count). The van der Waals surface area contributed by atoms with Crippen LogP contribution in [0.1, 0.15) is 36.4 Å². The fourth-order valence-electron chi connectivity index (χ4n) is 2.84. The lowest BCUT2D eigenvalue weighted by Crippen LogP contribution is -2.38. The number of amides is 1. The third-order valence-electron chi connectivity index (χ3n) is 3.82. The molecule has 0 saturated heterocycles. The van der Waals surface area contributed by atoms with Gasteiger partial charge in [0.1, 0.15) is 0 Å². The minimum Gasteiger partial charge on any atom is -0.354 e. The van der Waals surface area contributed by atoms with Gasteiger partial charge in [-0.3, -0.25) is 9.69 Å². The Morgan fingerprint density at radius 1 is 1.50 bits per heavy atom. The summed E-state index contributed by atoms with van der Waals surface area (Å²) in [6, 6.07) is 10.8. The topological polar surface area (TPSA) is 56.1 Å². The summed E-state index contributed by atoms with van der Waals surface area (Å²) >= 11 is 0. The molecule has 20 heavy (non-hydrogen) atoms. The van der Waals surface area contributed by atoms with Gasteiger partial charge in [0.2, 0.25) is 5.91 Å². The van der Waals surface area contributed by atoms with E-state index >= 15 is 0 Å². The quantitative estimate of drug-likeness (QED) is 0.834. The highest BCUT2D eigenvalue weighted by molar-refractivity contribution is 5.78. The fourth-order valence-corrected chi connectivity index (χ4v) is 2.84. The number of carbonyl (C=O) groups excluding carboxylic acids is 1. The Morgan fingerprint density at radius 3 is 3.10 bits per heavy atom. The molecule has 106 valence electrons. The zero-order valence-corrected chi connectivity index (χ0v) is 11.9. The van der Waals surface area contributed by atoms with E-state index in [1.807, 2.05) is 13.1 Å². The molecule has 0 spiro atoms. The van der Waals surface area contributed by atoms with Gasteiger partial charge in [-0.2, -0.15) is 5.26 Å². The van der Waals surface area contributed by atoms with Crippen molar-refractivity contribution < 1.29 is 4.79 Å². The number of benzene rings is 1. The first kappa shape index (κ1) is 14.5. The van der Waals surface area contributed by atoms with E-state index in [-0.39, 0.29) is 5.91 Å². The Morgan fingerprint density at radius 2 is 2.30 bits per heavy atom. The normalized spacial score (nSPS) is 17.4. The molecule has 1 unspecified atom stereocenters. The number of aryl methyl sites for hydroxylation is 1. The van der Waals surface area contributed by atoms with Crippen LogP contribution in [-0.4, -0.2) is 30.9 Å². The van der Waals surface area contributed by atoms with Gasteiger partial charge in [0, 0.05) is 12.6 Å². The molecule has 0 saturated carbocycles. The molecular formula is C16H21N3O. The molecular weight excluding hydrogens is 250 g/mol. The first-order chi connectivity index (χ1) is 9.72. The van der Waals surface area contributed by atoms with E-state index in [4.69, 9.17) is 5.26 Å². The highest BCUT2D eigenvalue weighted by atomic mass is 16.2. The lowest BCUT2D eigenvalue weighted by molar-refractivity contribution is -0.122. The van der Waals surface area contributed by atoms with Gasteiger partial charge in [0.05, 0.1) is 19.0 Å². The van der Waals surface area contributed by atoms with Crippen molar-refractivity contribution in [3.8, 4) is 6.07 Å². The van der Waals surface area contributed by atoms with Crippen LogP contribution in [0.15, 0.2) is 24.3 Å². The van der Waals surface area contributed by atoms with Crippen LogP contribution in [-0.2, 0) is 11.2 Å². The van der Waals surface area contributed by atoms with Gasteiger partial charge in [0.15, 0.2) is 0 Å². The molecule has 1 aromatic carbocycles. The highest BCUT2D eigenvalue weighted by Gasteiger charge is 2.24. The first-order valence-corrected chi connectivity index (χ1v) is 7.14. The molecule has 0 heterocycles. The Kier molecular flexibility index (Phi) is 5.14. The van der Waals surface area contributed by atoms with E-state index in [1.54, 1.807) is 0 Å². The summed E-state index contributed by atoms with van der Waals surface area (Å²) in [5.41, 5.74) is 2.76. The van der Waals surface area contributed by atoms with E-state index < -0.39 is 0 Å². The smallest absolute Gasteiger partial charge is 0.234 e. The van der Waals surface area contributed by atoms with Crippen molar-refractivity contribution in [1.82, 2.24) is 10.2 Å². The van der Waals surface area contributed by atoms with E-state index in [9.17, 15) is 4.79 Å². The molecule has 0 bridgehead atoms. The number of likely N-dealkylation sites (N-methyl/N-ethyl adjacent to an activating group) is 1. The monoisotopic (exact) mass is 271 g/mol. The predicted octanol–water partition coefficient (Wildman–Crippen LogP) is 2.03. The number of hydrogen-bond acceptors (Lipinski definition) is 3. The van der Waals surface area contributed by atoms with E-state index in [0.717, 1.165) is 12.8 Å². The van der Waals surface area contributed by atoms with Gasteiger partial charge in [-0.15, -0.1) is 0 Å². The van der Waals surface area contributed by atoms with Crippen LogP contribution in [0.5, 0.6) is 0 Å². The number of nitriles is 1.